The van der Waals surface area contributed by atoms with Gasteiger partial charge in [0, 0.05) is 30.1 Å². The van der Waals surface area contributed by atoms with Crippen molar-refractivity contribution in [3.05, 3.63) is 60.2 Å². The van der Waals surface area contributed by atoms with Gasteiger partial charge in [-0.1, -0.05) is 6.08 Å². The number of methoxy groups -OCH3 is 1. The molecule has 0 aliphatic carbocycles. The van der Waals surface area contributed by atoms with Gasteiger partial charge >= 0.3 is 0 Å². The number of aliphatic imine (C=N–C) groups is 1. The summed E-state index contributed by atoms with van der Waals surface area (Å²) in [4.78, 5) is 15.2. The maximum atomic E-state index is 5.75. The van der Waals surface area contributed by atoms with Gasteiger partial charge in [0.15, 0.2) is 0 Å². The molecule has 0 spiro atoms. The van der Waals surface area contributed by atoms with Gasteiger partial charge in [-0.05, 0) is 30.3 Å². The van der Waals surface area contributed by atoms with E-state index >= 15 is 0 Å². The molecule has 2 aliphatic rings. The number of nitrogens with two attached hydrogens (primary N) is 1. The number of benzene rings is 1. The average Bonchev–Trinajstić information content (AvgIpc) is 3.06. The van der Waals surface area contributed by atoms with Crippen LogP contribution in [0.3, 0.4) is 0 Å². The normalized spacial score (nSPS) is 16.2. The van der Waals surface area contributed by atoms with Gasteiger partial charge in [0.1, 0.15) is 5.75 Å². The van der Waals surface area contributed by atoms with E-state index in [4.69, 9.17) is 10.5 Å². The van der Waals surface area contributed by atoms with Crippen LogP contribution in [0.15, 0.2) is 59.5 Å². The lowest BCUT2D eigenvalue weighted by Gasteiger charge is -2.27. The zero-order chi connectivity index (χ0) is 16.5. The van der Waals surface area contributed by atoms with Crippen molar-refractivity contribution in [2.24, 2.45) is 4.99 Å². The second-order valence-corrected chi connectivity index (χ2v) is 5.55. The van der Waals surface area contributed by atoms with Crippen molar-refractivity contribution in [3.8, 4) is 5.75 Å². The van der Waals surface area contributed by atoms with E-state index in [0.717, 1.165) is 40.5 Å². The molecule has 1 aromatic carbocycles. The number of anilines is 2. The van der Waals surface area contributed by atoms with Crippen LogP contribution in [0, 0.1) is 0 Å². The summed E-state index contributed by atoms with van der Waals surface area (Å²) in [7, 11) is 1.66. The van der Waals surface area contributed by atoms with Gasteiger partial charge in [0.2, 0.25) is 5.95 Å². The first-order valence-corrected chi connectivity index (χ1v) is 7.72. The highest BCUT2D eigenvalue weighted by molar-refractivity contribution is 6.14. The lowest BCUT2D eigenvalue weighted by Crippen LogP contribution is -2.25. The Bertz CT molecular complexity index is 867. The highest BCUT2D eigenvalue weighted by atomic mass is 16.5. The third-order valence-electron chi connectivity index (χ3n) is 4.13. The number of ether oxygens (including phenoxy) is 1. The van der Waals surface area contributed by atoms with Crippen molar-refractivity contribution in [1.82, 2.24) is 9.97 Å². The SMILES string of the molecule is COc1ccc(N2C=CCC3=NCC(c4ccnc(N)n4)=C32)cc1. The first-order valence-electron chi connectivity index (χ1n) is 7.72. The van der Waals surface area contributed by atoms with Crippen molar-refractivity contribution in [2.75, 3.05) is 24.3 Å². The van der Waals surface area contributed by atoms with E-state index in [0.29, 0.717) is 6.54 Å². The monoisotopic (exact) mass is 319 g/mol. The van der Waals surface area contributed by atoms with E-state index in [1.807, 2.05) is 30.3 Å². The Morgan fingerprint density at radius 1 is 1.17 bits per heavy atom. The fourth-order valence-corrected chi connectivity index (χ4v) is 2.99. The Hall–Kier alpha value is -3.15. The van der Waals surface area contributed by atoms with Crippen LogP contribution in [-0.2, 0) is 0 Å². The number of allylic oxidation sites excluding steroid dienone is 2. The summed E-state index contributed by atoms with van der Waals surface area (Å²) in [5.74, 6) is 1.11. The smallest absolute Gasteiger partial charge is 0.220 e. The van der Waals surface area contributed by atoms with Crippen LogP contribution in [0.5, 0.6) is 5.75 Å². The van der Waals surface area contributed by atoms with Crippen molar-refractivity contribution < 1.29 is 4.74 Å². The molecule has 24 heavy (non-hydrogen) atoms. The maximum Gasteiger partial charge on any atom is 0.220 e. The Morgan fingerprint density at radius 2 is 2.00 bits per heavy atom. The molecule has 0 fully saturated rings. The second-order valence-electron chi connectivity index (χ2n) is 5.55. The molecule has 3 heterocycles. The number of nitrogens with zero attached hydrogens (tertiary/aromatic N) is 4. The highest BCUT2D eigenvalue weighted by Crippen LogP contribution is 2.34. The summed E-state index contributed by atoms with van der Waals surface area (Å²) < 4.78 is 5.24. The minimum Gasteiger partial charge on any atom is -0.497 e. The molecule has 2 aliphatic heterocycles. The van der Waals surface area contributed by atoms with E-state index < -0.39 is 0 Å². The third kappa shape index (κ3) is 2.42. The number of rotatable bonds is 3. The van der Waals surface area contributed by atoms with Crippen molar-refractivity contribution in [1.29, 1.82) is 0 Å². The van der Waals surface area contributed by atoms with Gasteiger partial charge in [-0.2, -0.15) is 0 Å². The van der Waals surface area contributed by atoms with Gasteiger partial charge < -0.3 is 15.4 Å². The van der Waals surface area contributed by atoms with E-state index in [9.17, 15) is 0 Å². The predicted molar refractivity (Wildman–Crippen MR) is 94.9 cm³/mol. The Labute approximate surface area is 140 Å². The highest BCUT2D eigenvalue weighted by Gasteiger charge is 2.28. The molecule has 0 amide bonds. The van der Waals surface area contributed by atoms with E-state index in [1.165, 1.54) is 0 Å². The molecule has 0 unspecified atom stereocenters. The Kier molecular flexibility index (Phi) is 3.49. The first-order chi connectivity index (χ1) is 11.8. The largest absolute Gasteiger partial charge is 0.497 e. The minimum atomic E-state index is 0.274. The average molecular weight is 319 g/mol. The molecule has 0 bridgehead atoms. The fraction of sp³-hybridized carbons (Fsp3) is 0.167. The topological polar surface area (TPSA) is 76.6 Å². The lowest BCUT2D eigenvalue weighted by molar-refractivity contribution is 0.415. The number of hydrogen-bond donors (Lipinski definition) is 1. The molecule has 120 valence electrons. The van der Waals surface area contributed by atoms with Crippen LogP contribution >= 0.6 is 0 Å². The van der Waals surface area contributed by atoms with E-state index in [-0.39, 0.29) is 5.95 Å². The van der Waals surface area contributed by atoms with Crippen LogP contribution in [-0.4, -0.2) is 29.3 Å². The van der Waals surface area contributed by atoms with Crippen molar-refractivity contribution in [3.63, 3.8) is 0 Å². The summed E-state index contributed by atoms with van der Waals surface area (Å²) in [6.45, 7) is 0.607. The quantitative estimate of drug-likeness (QED) is 0.941. The second kappa shape index (κ2) is 5.81. The lowest BCUT2D eigenvalue weighted by atomic mass is 10.0. The molecule has 0 saturated carbocycles. The molecule has 0 saturated heterocycles. The van der Waals surface area contributed by atoms with Crippen LogP contribution < -0.4 is 15.4 Å². The summed E-state index contributed by atoms with van der Waals surface area (Å²) in [6.07, 6.45) is 6.70. The standard InChI is InChI=1S/C18H17N5O/c1-24-13-6-4-12(5-7-13)23-10-2-3-16-17(23)14(11-21-16)15-8-9-20-18(19)22-15/h2,4-10H,3,11H2,1H3,(H2,19,20,22). The van der Waals surface area contributed by atoms with Crippen LogP contribution in [0.1, 0.15) is 12.1 Å². The molecular formula is C18H17N5O. The molecule has 0 radical (unpaired) electrons. The van der Waals surface area contributed by atoms with Gasteiger partial charge in [-0.25, -0.2) is 9.97 Å². The van der Waals surface area contributed by atoms with Gasteiger partial charge in [-0.3, -0.25) is 4.99 Å². The molecule has 1 aromatic heterocycles. The fourth-order valence-electron chi connectivity index (χ4n) is 2.99. The number of hydrogen-bond acceptors (Lipinski definition) is 6. The molecular weight excluding hydrogens is 302 g/mol. The third-order valence-corrected chi connectivity index (χ3v) is 4.13. The Morgan fingerprint density at radius 3 is 2.75 bits per heavy atom. The van der Waals surface area contributed by atoms with E-state index in [2.05, 4.69) is 32.1 Å². The Balaban J connectivity index is 1.81. The molecule has 6 heteroatoms. The van der Waals surface area contributed by atoms with Crippen molar-refractivity contribution in [2.45, 2.75) is 6.42 Å². The van der Waals surface area contributed by atoms with Gasteiger partial charge in [0.25, 0.3) is 0 Å². The number of aromatic nitrogens is 2. The molecule has 2 aromatic rings. The zero-order valence-corrected chi connectivity index (χ0v) is 13.3. The predicted octanol–water partition coefficient (Wildman–Crippen LogP) is 2.66. The summed E-state index contributed by atoms with van der Waals surface area (Å²) in [6, 6.07) is 9.84. The van der Waals surface area contributed by atoms with Gasteiger partial charge in [-0.15, -0.1) is 0 Å². The van der Waals surface area contributed by atoms with Crippen LogP contribution in [0.25, 0.3) is 5.57 Å². The van der Waals surface area contributed by atoms with Crippen LogP contribution in [0.4, 0.5) is 11.6 Å². The van der Waals surface area contributed by atoms with Crippen molar-refractivity contribution >= 4 is 22.9 Å². The number of fused-ring (bicyclic) bond motifs is 1. The van der Waals surface area contributed by atoms with E-state index in [1.54, 1.807) is 13.3 Å². The molecule has 0 atom stereocenters. The first kappa shape index (κ1) is 14.4. The zero-order valence-electron chi connectivity index (χ0n) is 13.3. The summed E-state index contributed by atoms with van der Waals surface area (Å²) >= 11 is 0. The maximum absolute atomic E-state index is 5.75. The molecule has 4 rings (SSSR count). The number of nitrogen functional groups attached to an aromatic ring is 1. The summed E-state index contributed by atoms with van der Waals surface area (Å²) in [5.41, 5.74) is 10.8. The molecule has 2 N–H and O–H groups in total. The van der Waals surface area contributed by atoms with Gasteiger partial charge in [0.05, 0.1) is 30.8 Å². The van der Waals surface area contributed by atoms with Crippen LogP contribution in [0.2, 0.25) is 0 Å². The molecule has 6 nitrogen and oxygen atoms in total. The summed E-state index contributed by atoms with van der Waals surface area (Å²) in [5, 5.41) is 0. The minimum absolute atomic E-state index is 0.274.